The molecule has 0 amide bonds. The molecule has 0 bridgehead atoms. The van der Waals surface area contributed by atoms with Gasteiger partial charge in [0, 0.05) is 12.6 Å². The fourth-order valence-electron chi connectivity index (χ4n) is 0.457. The fourth-order valence-corrected chi connectivity index (χ4v) is 0.457. The van der Waals surface area contributed by atoms with E-state index in [-0.39, 0.29) is 0 Å². The molecule has 0 fully saturated rings. The Morgan fingerprint density at radius 2 is 2.38 bits per heavy atom. The van der Waals surface area contributed by atoms with Crippen molar-refractivity contribution in [2.75, 3.05) is 0 Å². The van der Waals surface area contributed by atoms with Crippen LogP contribution in [0.5, 0.6) is 0 Å². The molecule has 0 rings (SSSR count). The molecule has 0 saturated heterocycles. The number of hydrogen-bond donors (Lipinski definition) is 1. The highest BCUT2D eigenvalue weighted by atomic mass is 14.8. The van der Waals surface area contributed by atoms with Crippen LogP contribution in [-0.2, 0) is 0 Å². The molecule has 0 aliphatic carbocycles. The molecule has 2 heteroatoms. The van der Waals surface area contributed by atoms with Crippen molar-refractivity contribution in [2.45, 2.75) is 26.7 Å². The van der Waals surface area contributed by atoms with Crippen molar-refractivity contribution in [2.24, 2.45) is 4.99 Å². The fraction of sp³-hybridized carbons (Fsp3) is 0.667. The molecule has 0 aromatic rings. The molecule has 0 atom stereocenters. The molecule has 0 heterocycles. The first-order valence-electron chi connectivity index (χ1n) is 2.87. The van der Waals surface area contributed by atoms with Crippen molar-refractivity contribution in [3.8, 4) is 0 Å². The van der Waals surface area contributed by atoms with Crippen molar-refractivity contribution >= 4 is 12.1 Å². The molecule has 8 heavy (non-hydrogen) atoms. The number of hydrogen-bond acceptors (Lipinski definition) is 1. The lowest BCUT2D eigenvalue weighted by Gasteiger charge is -1.88. The van der Waals surface area contributed by atoms with E-state index in [0.717, 1.165) is 12.8 Å². The second kappa shape index (κ2) is 4.50. The van der Waals surface area contributed by atoms with E-state index in [1.807, 2.05) is 13.8 Å². The summed E-state index contributed by atoms with van der Waals surface area (Å²) < 4.78 is 0. The maximum absolute atomic E-state index is 7.09. The van der Waals surface area contributed by atoms with Crippen molar-refractivity contribution in [3.63, 3.8) is 0 Å². The van der Waals surface area contributed by atoms with Gasteiger partial charge < -0.3 is 0 Å². The number of rotatable bonds is 2. The second-order valence-electron chi connectivity index (χ2n) is 1.58. The van der Waals surface area contributed by atoms with Gasteiger partial charge in [-0.25, -0.2) is 4.99 Å². The Labute approximate surface area is 50.1 Å². The average molecular weight is 112 g/mol. The van der Waals surface area contributed by atoms with Gasteiger partial charge in [0.1, 0.15) is 5.84 Å². The van der Waals surface area contributed by atoms with E-state index in [4.69, 9.17) is 5.41 Å². The normalized spacial score (nSPS) is 10.2. The first kappa shape index (κ1) is 7.34. The lowest BCUT2D eigenvalue weighted by molar-refractivity contribution is 0.977. The number of aliphatic imine (C=N–C) groups is 1. The van der Waals surface area contributed by atoms with Gasteiger partial charge in [-0.2, -0.15) is 0 Å². The summed E-state index contributed by atoms with van der Waals surface area (Å²) in [5.41, 5.74) is 0. The van der Waals surface area contributed by atoms with Crippen LogP contribution in [0.15, 0.2) is 4.99 Å². The second-order valence-corrected chi connectivity index (χ2v) is 1.58. The van der Waals surface area contributed by atoms with Gasteiger partial charge in [-0.3, -0.25) is 5.41 Å². The first-order chi connectivity index (χ1) is 3.81. The largest absolute Gasteiger partial charge is 0.287 e. The summed E-state index contributed by atoms with van der Waals surface area (Å²) in [7, 11) is 0. The van der Waals surface area contributed by atoms with Crippen LogP contribution in [0.2, 0.25) is 0 Å². The van der Waals surface area contributed by atoms with Crippen LogP contribution in [0.25, 0.3) is 0 Å². The third-order valence-electron chi connectivity index (χ3n) is 0.772. The summed E-state index contributed by atoms with van der Waals surface area (Å²) in [6.07, 6.45) is 3.46. The minimum absolute atomic E-state index is 0.481. The van der Waals surface area contributed by atoms with E-state index < -0.39 is 0 Å². The van der Waals surface area contributed by atoms with E-state index in [2.05, 4.69) is 4.99 Å². The predicted octanol–water partition coefficient (Wildman–Crippen LogP) is 1.85. The van der Waals surface area contributed by atoms with Gasteiger partial charge in [-0.1, -0.05) is 6.92 Å². The Balaban J connectivity index is 3.33. The zero-order chi connectivity index (χ0) is 6.41. The molecule has 0 aliphatic rings. The van der Waals surface area contributed by atoms with Crippen LogP contribution >= 0.6 is 0 Å². The van der Waals surface area contributed by atoms with Crippen LogP contribution in [0.1, 0.15) is 26.7 Å². The molecule has 0 aromatic carbocycles. The third kappa shape index (κ3) is 3.53. The van der Waals surface area contributed by atoms with E-state index in [0.29, 0.717) is 5.84 Å². The lowest BCUT2D eigenvalue weighted by atomic mass is 10.3. The summed E-state index contributed by atoms with van der Waals surface area (Å²) in [6, 6.07) is 0. The van der Waals surface area contributed by atoms with Gasteiger partial charge in [-0.05, 0) is 13.3 Å². The third-order valence-corrected chi connectivity index (χ3v) is 0.772. The average Bonchev–Trinajstić information content (AvgIpc) is 1.68. The summed E-state index contributed by atoms with van der Waals surface area (Å²) in [5, 5.41) is 7.09. The van der Waals surface area contributed by atoms with E-state index in [9.17, 15) is 0 Å². The Morgan fingerprint density at radius 3 is 2.75 bits per heavy atom. The molecule has 0 aromatic heterocycles. The Kier molecular flexibility index (Phi) is 4.13. The molecular formula is C6H12N2. The zero-order valence-electron chi connectivity index (χ0n) is 5.44. The minimum atomic E-state index is 0.481. The van der Waals surface area contributed by atoms with Crippen LogP contribution < -0.4 is 0 Å². The highest BCUT2D eigenvalue weighted by molar-refractivity contribution is 5.86. The SMILES string of the molecule is C/C=N\C(=N)CCC. The summed E-state index contributed by atoms with van der Waals surface area (Å²) >= 11 is 0. The van der Waals surface area contributed by atoms with Gasteiger partial charge in [0.15, 0.2) is 0 Å². The molecule has 46 valence electrons. The zero-order valence-corrected chi connectivity index (χ0v) is 5.44. The van der Waals surface area contributed by atoms with Gasteiger partial charge in [-0.15, -0.1) is 0 Å². The molecule has 0 aliphatic heterocycles. The van der Waals surface area contributed by atoms with Crippen molar-refractivity contribution < 1.29 is 0 Å². The van der Waals surface area contributed by atoms with Crippen LogP contribution in [0.3, 0.4) is 0 Å². The molecule has 2 nitrogen and oxygen atoms in total. The molecule has 1 N–H and O–H groups in total. The van der Waals surface area contributed by atoms with E-state index >= 15 is 0 Å². The Hall–Kier alpha value is -0.660. The van der Waals surface area contributed by atoms with Gasteiger partial charge in [0.2, 0.25) is 0 Å². The lowest BCUT2D eigenvalue weighted by Crippen LogP contribution is -1.88. The van der Waals surface area contributed by atoms with Crippen molar-refractivity contribution in [1.29, 1.82) is 5.41 Å². The number of nitrogens with zero attached hydrogens (tertiary/aromatic N) is 1. The van der Waals surface area contributed by atoms with Crippen molar-refractivity contribution in [3.05, 3.63) is 0 Å². The molecular weight excluding hydrogens is 100 g/mol. The highest BCUT2D eigenvalue weighted by Crippen LogP contribution is 1.88. The highest BCUT2D eigenvalue weighted by Gasteiger charge is 1.85. The van der Waals surface area contributed by atoms with E-state index in [1.165, 1.54) is 0 Å². The maximum Gasteiger partial charge on any atom is 0.119 e. The van der Waals surface area contributed by atoms with Gasteiger partial charge in [0.05, 0.1) is 0 Å². The smallest absolute Gasteiger partial charge is 0.119 e. The van der Waals surface area contributed by atoms with Gasteiger partial charge in [0.25, 0.3) is 0 Å². The number of nitrogens with one attached hydrogen (secondary N) is 1. The summed E-state index contributed by atoms with van der Waals surface area (Å²) in [6.45, 7) is 3.86. The first-order valence-corrected chi connectivity index (χ1v) is 2.87. The summed E-state index contributed by atoms with van der Waals surface area (Å²) in [4.78, 5) is 3.77. The van der Waals surface area contributed by atoms with E-state index in [1.54, 1.807) is 6.21 Å². The summed E-state index contributed by atoms with van der Waals surface area (Å²) in [5.74, 6) is 0.481. The Bertz CT molecular complexity index is 94.7. The quantitative estimate of drug-likeness (QED) is 0.418. The van der Waals surface area contributed by atoms with Crippen LogP contribution in [-0.4, -0.2) is 12.1 Å². The monoisotopic (exact) mass is 112 g/mol. The molecule has 0 spiro atoms. The van der Waals surface area contributed by atoms with Crippen LogP contribution in [0.4, 0.5) is 0 Å². The Morgan fingerprint density at radius 1 is 1.75 bits per heavy atom. The minimum Gasteiger partial charge on any atom is -0.287 e. The standard InChI is InChI=1S/C6H12N2/c1-3-5-6(7)8-4-2/h4,7H,3,5H2,1-2H3/b7-6?,8-4-. The molecule has 0 unspecified atom stereocenters. The maximum atomic E-state index is 7.09. The van der Waals surface area contributed by atoms with Crippen LogP contribution in [0, 0.1) is 5.41 Å². The van der Waals surface area contributed by atoms with Gasteiger partial charge >= 0.3 is 0 Å². The van der Waals surface area contributed by atoms with Crippen molar-refractivity contribution in [1.82, 2.24) is 0 Å². The molecule has 0 radical (unpaired) electrons. The molecule has 0 saturated carbocycles. The topological polar surface area (TPSA) is 36.2 Å². The predicted molar refractivity (Wildman–Crippen MR) is 36.8 cm³/mol. The number of amidine groups is 1.